The van der Waals surface area contributed by atoms with Gasteiger partial charge in [0.25, 0.3) is 0 Å². The first kappa shape index (κ1) is 13.5. The fourth-order valence-corrected chi connectivity index (χ4v) is 3.60. The van der Waals surface area contributed by atoms with Gasteiger partial charge in [0.15, 0.2) is 5.13 Å². The van der Waals surface area contributed by atoms with Gasteiger partial charge >= 0.3 is 0 Å². The molecule has 1 saturated heterocycles. The van der Waals surface area contributed by atoms with Gasteiger partial charge in [-0.2, -0.15) is 0 Å². The van der Waals surface area contributed by atoms with Crippen LogP contribution < -0.4 is 5.32 Å². The highest BCUT2D eigenvalue weighted by Crippen LogP contribution is 2.25. The van der Waals surface area contributed by atoms with Crippen molar-refractivity contribution in [1.29, 1.82) is 0 Å². The number of aromatic nitrogens is 1. The number of hydrogen-bond donors (Lipinski definition) is 1. The molecule has 3 rings (SSSR count). The number of nitrogens with one attached hydrogen (secondary N) is 1. The van der Waals surface area contributed by atoms with Gasteiger partial charge in [-0.25, -0.2) is 4.98 Å². The molecule has 106 valence electrons. The first-order chi connectivity index (χ1) is 9.70. The standard InChI is InChI=1S/C15H19N3OS/c1-11-5-4-8-18(9-11)10-14(19)17-15-16-12-6-2-3-7-13(12)20-15/h2-3,6-7,11H,4-5,8-10H2,1H3,(H,16,17,19). The molecule has 1 amide bonds. The molecule has 0 aliphatic carbocycles. The van der Waals surface area contributed by atoms with Gasteiger partial charge in [-0.15, -0.1) is 0 Å². The number of nitrogens with zero attached hydrogens (tertiary/aromatic N) is 2. The molecular weight excluding hydrogens is 270 g/mol. The molecule has 1 aliphatic heterocycles. The summed E-state index contributed by atoms with van der Waals surface area (Å²) in [4.78, 5) is 18.7. The van der Waals surface area contributed by atoms with E-state index in [4.69, 9.17) is 0 Å². The van der Waals surface area contributed by atoms with Gasteiger partial charge in [-0.1, -0.05) is 30.4 Å². The second-order valence-corrected chi connectivity index (χ2v) is 6.55. The molecule has 1 atom stereocenters. The van der Waals surface area contributed by atoms with Gasteiger partial charge in [-0.3, -0.25) is 9.69 Å². The molecular formula is C15H19N3OS. The molecule has 1 aromatic heterocycles. The average Bonchev–Trinajstić information content (AvgIpc) is 2.80. The van der Waals surface area contributed by atoms with Crippen LogP contribution in [0.1, 0.15) is 19.8 Å². The van der Waals surface area contributed by atoms with Crippen molar-refractivity contribution in [3.63, 3.8) is 0 Å². The van der Waals surface area contributed by atoms with Crippen molar-refractivity contribution in [3.05, 3.63) is 24.3 Å². The number of carbonyl (C=O) groups is 1. The van der Waals surface area contributed by atoms with E-state index in [1.54, 1.807) is 0 Å². The summed E-state index contributed by atoms with van der Waals surface area (Å²) in [5.41, 5.74) is 0.944. The zero-order valence-electron chi connectivity index (χ0n) is 11.6. The number of thiazole rings is 1. The molecule has 4 nitrogen and oxygen atoms in total. The molecule has 20 heavy (non-hydrogen) atoms. The number of anilines is 1. The molecule has 0 bridgehead atoms. The fraction of sp³-hybridized carbons (Fsp3) is 0.467. The fourth-order valence-electron chi connectivity index (χ4n) is 2.72. The highest BCUT2D eigenvalue weighted by molar-refractivity contribution is 7.22. The van der Waals surface area contributed by atoms with Gasteiger partial charge in [0.2, 0.25) is 5.91 Å². The number of para-hydroxylation sites is 1. The molecule has 0 radical (unpaired) electrons. The van der Waals surface area contributed by atoms with E-state index in [0.29, 0.717) is 17.6 Å². The summed E-state index contributed by atoms with van der Waals surface area (Å²) in [6, 6.07) is 7.94. The quantitative estimate of drug-likeness (QED) is 0.945. The molecule has 5 heteroatoms. The minimum absolute atomic E-state index is 0.0400. The van der Waals surface area contributed by atoms with Crippen LogP contribution in [0.4, 0.5) is 5.13 Å². The summed E-state index contributed by atoms with van der Waals surface area (Å²) in [5.74, 6) is 0.733. The van der Waals surface area contributed by atoms with E-state index in [9.17, 15) is 4.79 Å². The SMILES string of the molecule is CC1CCCN(CC(=O)Nc2nc3ccccc3s2)C1. The van der Waals surface area contributed by atoms with E-state index in [1.807, 2.05) is 24.3 Å². The van der Waals surface area contributed by atoms with Crippen molar-refractivity contribution in [2.75, 3.05) is 25.0 Å². The van der Waals surface area contributed by atoms with Gasteiger partial charge in [0.05, 0.1) is 16.8 Å². The van der Waals surface area contributed by atoms with Crippen molar-refractivity contribution in [2.24, 2.45) is 5.92 Å². The van der Waals surface area contributed by atoms with Crippen molar-refractivity contribution in [1.82, 2.24) is 9.88 Å². The molecule has 0 spiro atoms. The van der Waals surface area contributed by atoms with Crippen LogP contribution in [0.15, 0.2) is 24.3 Å². The highest BCUT2D eigenvalue weighted by Gasteiger charge is 2.19. The minimum atomic E-state index is 0.0400. The first-order valence-corrected chi connectivity index (χ1v) is 7.90. The van der Waals surface area contributed by atoms with Crippen LogP contribution in [0, 0.1) is 5.92 Å². The smallest absolute Gasteiger partial charge is 0.240 e. The average molecular weight is 289 g/mol. The summed E-state index contributed by atoms with van der Waals surface area (Å²) in [6.07, 6.45) is 2.46. The van der Waals surface area contributed by atoms with Gasteiger partial charge in [0.1, 0.15) is 0 Å². The lowest BCUT2D eigenvalue weighted by Crippen LogP contribution is -2.39. The van der Waals surface area contributed by atoms with Crippen LogP contribution >= 0.6 is 11.3 Å². The van der Waals surface area contributed by atoms with E-state index >= 15 is 0 Å². The van der Waals surface area contributed by atoms with Crippen molar-refractivity contribution >= 4 is 32.6 Å². The Morgan fingerprint density at radius 2 is 2.35 bits per heavy atom. The number of hydrogen-bond acceptors (Lipinski definition) is 4. The normalized spacial score (nSPS) is 20.1. The third-order valence-corrected chi connectivity index (χ3v) is 4.60. The molecule has 1 aliphatic rings. The molecule has 1 fully saturated rings. The second-order valence-electron chi connectivity index (χ2n) is 5.52. The van der Waals surface area contributed by atoms with Crippen LogP contribution in [-0.4, -0.2) is 35.4 Å². The summed E-state index contributed by atoms with van der Waals surface area (Å²) in [5, 5.41) is 3.62. The number of fused-ring (bicyclic) bond motifs is 1. The predicted molar refractivity (Wildman–Crippen MR) is 83.1 cm³/mol. The maximum atomic E-state index is 12.1. The van der Waals surface area contributed by atoms with E-state index in [1.165, 1.54) is 24.2 Å². The third kappa shape index (κ3) is 3.16. The van der Waals surface area contributed by atoms with E-state index in [2.05, 4.69) is 22.1 Å². The number of likely N-dealkylation sites (tertiary alicyclic amines) is 1. The Bertz CT molecular complexity index is 577. The Labute approximate surface area is 122 Å². The molecule has 0 saturated carbocycles. The zero-order chi connectivity index (χ0) is 13.9. The maximum Gasteiger partial charge on any atom is 0.240 e. The van der Waals surface area contributed by atoms with Crippen molar-refractivity contribution < 1.29 is 4.79 Å². The van der Waals surface area contributed by atoms with Crippen LogP contribution in [-0.2, 0) is 4.79 Å². The van der Waals surface area contributed by atoms with Gasteiger partial charge in [0, 0.05) is 6.54 Å². The van der Waals surface area contributed by atoms with Crippen LogP contribution in [0.25, 0.3) is 10.2 Å². The zero-order valence-corrected chi connectivity index (χ0v) is 12.4. The lowest BCUT2D eigenvalue weighted by atomic mass is 10.0. The van der Waals surface area contributed by atoms with Gasteiger partial charge < -0.3 is 5.32 Å². The summed E-state index contributed by atoms with van der Waals surface area (Å²) < 4.78 is 1.11. The van der Waals surface area contributed by atoms with E-state index in [0.717, 1.165) is 23.3 Å². The van der Waals surface area contributed by atoms with Crippen molar-refractivity contribution in [3.8, 4) is 0 Å². The number of piperidine rings is 1. The maximum absolute atomic E-state index is 12.1. The summed E-state index contributed by atoms with van der Waals surface area (Å²) in [7, 11) is 0. The number of amides is 1. The largest absolute Gasteiger partial charge is 0.301 e. The monoisotopic (exact) mass is 289 g/mol. The summed E-state index contributed by atoms with van der Waals surface area (Å²) in [6.45, 7) is 4.77. The van der Waals surface area contributed by atoms with E-state index in [-0.39, 0.29) is 5.91 Å². The Morgan fingerprint density at radius 3 is 3.15 bits per heavy atom. The molecule has 1 unspecified atom stereocenters. The van der Waals surface area contributed by atoms with Crippen molar-refractivity contribution in [2.45, 2.75) is 19.8 Å². The molecule has 1 N–H and O–H groups in total. The van der Waals surface area contributed by atoms with Gasteiger partial charge in [-0.05, 0) is 37.4 Å². The Kier molecular flexibility index (Phi) is 3.98. The predicted octanol–water partition coefficient (Wildman–Crippen LogP) is 2.97. The Morgan fingerprint density at radius 1 is 1.50 bits per heavy atom. The molecule has 1 aromatic carbocycles. The molecule has 2 heterocycles. The minimum Gasteiger partial charge on any atom is -0.301 e. The van der Waals surface area contributed by atoms with Crippen LogP contribution in [0.3, 0.4) is 0 Å². The number of benzene rings is 1. The lowest BCUT2D eigenvalue weighted by molar-refractivity contribution is -0.117. The number of rotatable bonds is 3. The first-order valence-electron chi connectivity index (χ1n) is 7.08. The Hall–Kier alpha value is -1.46. The number of carbonyl (C=O) groups excluding carboxylic acids is 1. The second kappa shape index (κ2) is 5.89. The third-order valence-electron chi connectivity index (χ3n) is 3.65. The topological polar surface area (TPSA) is 45.2 Å². The lowest BCUT2D eigenvalue weighted by Gasteiger charge is -2.29. The Balaban J connectivity index is 1.60. The van der Waals surface area contributed by atoms with Crippen LogP contribution in [0.2, 0.25) is 0 Å². The highest BCUT2D eigenvalue weighted by atomic mass is 32.1. The van der Waals surface area contributed by atoms with Crippen LogP contribution in [0.5, 0.6) is 0 Å². The summed E-state index contributed by atoms with van der Waals surface area (Å²) >= 11 is 1.53. The van der Waals surface area contributed by atoms with E-state index < -0.39 is 0 Å². The molecule has 2 aromatic rings.